The normalized spacial score (nSPS) is 25.1. The van der Waals surface area contributed by atoms with E-state index in [1.165, 1.54) is 25.3 Å². The second-order valence-corrected chi connectivity index (χ2v) is 9.61. The largest absolute Gasteiger partial charge is 0.503 e. The smallest absolute Gasteiger partial charge is 0.262 e. The molecular formula is C24H27ClN2O3S. The molecule has 31 heavy (non-hydrogen) atoms. The Balaban J connectivity index is 1.67. The van der Waals surface area contributed by atoms with Gasteiger partial charge in [-0.2, -0.15) is 0 Å². The van der Waals surface area contributed by atoms with Gasteiger partial charge in [0.1, 0.15) is 0 Å². The third-order valence-electron chi connectivity index (χ3n) is 5.99. The summed E-state index contributed by atoms with van der Waals surface area (Å²) >= 11 is 7.67. The SMILES string of the molecule is COc1cc(/C=C2\SC(Nc3ccccc3)N([C@@H]3CCCC[C@@H]3C)C2=O)cc(Cl)c1O. The lowest BCUT2D eigenvalue weighted by Crippen LogP contribution is -2.48. The summed E-state index contributed by atoms with van der Waals surface area (Å²) in [6.45, 7) is 2.24. The highest BCUT2D eigenvalue weighted by molar-refractivity contribution is 8.05. The maximum Gasteiger partial charge on any atom is 0.262 e. The Labute approximate surface area is 192 Å². The van der Waals surface area contributed by atoms with Crippen LogP contribution in [0.2, 0.25) is 5.02 Å². The van der Waals surface area contributed by atoms with E-state index in [1.807, 2.05) is 41.3 Å². The van der Waals surface area contributed by atoms with Crippen molar-refractivity contribution in [1.82, 2.24) is 4.90 Å². The molecule has 1 saturated heterocycles. The molecule has 1 aliphatic carbocycles. The Morgan fingerprint density at radius 3 is 2.68 bits per heavy atom. The van der Waals surface area contributed by atoms with Crippen molar-refractivity contribution < 1.29 is 14.6 Å². The number of para-hydroxylation sites is 1. The van der Waals surface area contributed by atoms with Crippen LogP contribution in [0.3, 0.4) is 0 Å². The van der Waals surface area contributed by atoms with Gasteiger partial charge in [0, 0.05) is 11.7 Å². The second kappa shape index (κ2) is 9.45. The highest BCUT2D eigenvalue weighted by Gasteiger charge is 2.42. The van der Waals surface area contributed by atoms with E-state index in [1.54, 1.807) is 12.1 Å². The van der Waals surface area contributed by atoms with E-state index in [-0.39, 0.29) is 34.0 Å². The minimum absolute atomic E-state index is 0.0281. The first kappa shape index (κ1) is 21.9. The lowest BCUT2D eigenvalue weighted by molar-refractivity contribution is -0.129. The molecule has 3 atom stereocenters. The van der Waals surface area contributed by atoms with Crippen molar-refractivity contribution >= 4 is 41.0 Å². The van der Waals surface area contributed by atoms with Crippen molar-refractivity contribution in [2.75, 3.05) is 12.4 Å². The first-order valence-corrected chi connectivity index (χ1v) is 11.8. The van der Waals surface area contributed by atoms with Gasteiger partial charge >= 0.3 is 0 Å². The van der Waals surface area contributed by atoms with Gasteiger partial charge in [0.15, 0.2) is 17.0 Å². The van der Waals surface area contributed by atoms with Gasteiger partial charge in [0.05, 0.1) is 17.0 Å². The molecule has 7 heteroatoms. The number of hydrogen-bond acceptors (Lipinski definition) is 5. The Kier molecular flexibility index (Phi) is 6.68. The number of halogens is 1. The highest BCUT2D eigenvalue weighted by atomic mass is 35.5. The molecule has 4 rings (SSSR count). The molecule has 1 aliphatic heterocycles. The summed E-state index contributed by atoms with van der Waals surface area (Å²) in [5.74, 6) is 0.672. The van der Waals surface area contributed by atoms with Crippen LogP contribution in [0.5, 0.6) is 11.5 Å². The molecule has 1 saturated carbocycles. The first-order chi connectivity index (χ1) is 15.0. The number of carbonyl (C=O) groups is 1. The number of methoxy groups -OCH3 is 1. The first-order valence-electron chi connectivity index (χ1n) is 10.6. The second-order valence-electron chi connectivity index (χ2n) is 8.08. The summed E-state index contributed by atoms with van der Waals surface area (Å²) in [5.41, 5.74) is 1.52. The predicted octanol–water partition coefficient (Wildman–Crippen LogP) is 5.94. The molecule has 2 aromatic carbocycles. The van der Waals surface area contributed by atoms with E-state index in [9.17, 15) is 9.90 Å². The van der Waals surface area contributed by atoms with Crippen LogP contribution in [0.25, 0.3) is 6.08 Å². The van der Waals surface area contributed by atoms with Gasteiger partial charge in [-0.1, -0.05) is 61.3 Å². The molecule has 2 N–H and O–H groups in total. The summed E-state index contributed by atoms with van der Waals surface area (Å²) in [7, 11) is 1.48. The lowest BCUT2D eigenvalue weighted by Gasteiger charge is -2.39. The molecule has 164 valence electrons. The predicted molar refractivity (Wildman–Crippen MR) is 127 cm³/mol. The van der Waals surface area contributed by atoms with Crippen molar-refractivity contribution in [3.8, 4) is 11.5 Å². The summed E-state index contributed by atoms with van der Waals surface area (Å²) in [6, 6.07) is 13.5. The minimum Gasteiger partial charge on any atom is -0.503 e. The molecule has 1 amide bonds. The minimum atomic E-state index is -0.179. The third kappa shape index (κ3) is 4.65. The van der Waals surface area contributed by atoms with E-state index in [0.29, 0.717) is 16.4 Å². The van der Waals surface area contributed by atoms with Crippen LogP contribution in [0.1, 0.15) is 38.2 Å². The Morgan fingerprint density at radius 1 is 1.23 bits per heavy atom. The average molecular weight is 459 g/mol. The van der Waals surface area contributed by atoms with E-state index >= 15 is 0 Å². The molecule has 2 fully saturated rings. The van der Waals surface area contributed by atoms with Crippen LogP contribution < -0.4 is 10.1 Å². The highest BCUT2D eigenvalue weighted by Crippen LogP contribution is 2.43. The molecule has 2 aliphatic rings. The Morgan fingerprint density at radius 2 is 1.97 bits per heavy atom. The van der Waals surface area contributed by atoms with Gasteiger partial charge < -0.3 is 20.1 Å². The van der Waals surface area contributed by atoms with Crippen LogP contribution in [0.15, 0.2) is 47.4 Å². The Hall–Kier alpha value is -2.31. The molecule has 1 unspecified atom stereocenters. The van der Waals surface area contributed by atoms with Crippen LogP contribution in [0, 0.1) is 5.92 Å². The van der Waals surface area contributed by atoms with Gasteiger partial charge in [-0.05, 0) is 54.7 Å². The van der Waals surface area contributed by atoms with Crippen LogP contribution in [0.4, 0.5) is 5.69 Å². The van der Waals surface area contributed by atoms with Gasteiger partial charge in [0.2, 0.25) is 0 Å². The molecule has 0 bridgehead atoms. The number of amides is 1. The van der Waals surface area contributed by atoms with Crippen LogP contribution >= 0.6 is 23.4 Å². The average Bonchev–Trinajstić information content (AvgIpc) is 3.06. The van der Waals surface area contributed by atoms with Crippen molar-refractivity contribution in [2.24, 2.45) is 5.92 Å². The number of nitrogens with one attached hydrogen (secondary N) is 1. The number of aromatic hydroxyl groups is 1. The topological polar surface area (TPSA) is 61.8 Å². The third-order valence-corrected chi connectivity index (χ3v) is 7.40. The van der Waals surface area contributed by atoms with Crippen LogP contribution in [-0.4, -0.2) is 34.6 Å². The van der Waals surface area contributed by atoms with Crippen molar-refractivity contribution in [3.05, 3.63) is 58.0 Å². The molecule has 0 radical (unpaired) electrons. The maximum atomic E-state index is 13.5. The van der Waals surface area contributed by atoms with E-state index < -0.39 is 0 Å². The van der Waals surface area contributed by atoms with Crippen molar-refractivity contribution in [2.45, 2.75) is 44.1 Å². The van der Waals surface area contributed by atoms with Crippen molar-refractivity contribution in [1.29, 1.82) is 0 Å². The molecule has 0 aromatic heterocycles. The Bertz CT molecular complexity index is 982. The fourth-order valence-corrected chi connectivity index (χ4v) is 5.78. The maximum absolute atomic E-state index is 13.5. The molecule has 0 spiro atoms. The quantitative estimate of drug-likeness (QED) is 0.542. The number of benzene rings is 2. The van der Waals surface area contributed by atoms with Gasteiger partial charge in [-0.15, -0.1) is 0 Å². The fraction of sp³-hybridized carbons (Fsp3) is 0.375. The van der Waals surface area contributed by atoms with Crippen LogP contribution in [-0.2, 0) is 4.79 Å². The zero-order valence-electron chi connectivity index (χ0n) is 17.7. The van der Waals surface area contributed by atoms with Gasteiger partial charge in [-0.3, -0.25) is 4.79 Å². The molecular weight excluding hydrogens is 432 g/mol. The van der Waals surface area contributed by atoms with Gasteiger partial charge in [-0.25, -0.2) is 0 Å². The number of phenolic OH excluding ortho intramolecular Hbond substituents is 1. The number of hydrogen-bond donors (Lipinski definition) is 2. The summed E-state index contributed by atoms with van der Waals surface area (Å²) in [6.07, 6.45) is 6.35. The molecule has 5 nitrogen and oxygen atoms in total. The standard InChI is InChI=1S/C24H27ClN2O3S/c1-15-8-6-7-11-19(15)27-23(29)21(31-24(27)26-17-9-4-3-5-10-17)14-16-12-18(25)22(28)20(13-16)30-2/h3-5,9-10,12-15,19,24,26,28H,6-8,11H2,1-2H3/b21-14-/t15-,19+,24?/m0/s1. The van der Waals surface area contributed by atoms with Crippen molar-refractivity contribution in [3.63, 3.8) is 0 Å². The molecule has 1 heterocycles. The number of anilines is 1. The summed E-state index contributed by atoms with van der Waals surface area (Å²) in [4.78, 5) is 16.2. The zero-order valence-corrected chi connectivity index (χ0v) is 19.2. The number of ether oxygens (including phenoxy) is 1. The number of rotatable bonds is 5. The van der Waals surface area contributed by atoms with E-state index in [4.69, 9.17) is 16.3 Å². The van der Waals surface area contributed by atoms with E-state index in [0.717, 1.165) is 24.9 Å². The summed E-state index contributed by atoms with van der Waals surface area (Å²) < 4.78 is 5.21. The molecule has 2 aromatic rings. The lowest BCUT2D eigenvalue weighted by atomic mass is 9.85. The van der Waals surface area contributed by atoms with Gasteiger partial charge in [0.25, 0.3) is 5.91 Å². The number of carbonyl (C=O) groups excluding carboxylic acids is 1. The number of nitrogens with zero attached hydrogens (tertiary/aromatic N) is 1. The zero-order chi connectivity index (χ0) is 22.0. The number of phenols is 1. The summed E-state index contributed by atoms with van der Waals surface area (Å²) in [5, 5.41) is 13.7. The monoisotopic (exact) mass is 458 g/mol. The van der Waals surface area contributed by atoms with E-state index in [2.05, 4.69) is 12.2 Å². The fourth-order valence-electron chi connectivity index (χ4n) is 4.35. The number of thioether (sulfide) groups is 1.